The smallest absolute Gasteiger partial charge is 0.411 e. The standard InChI is InChI=1S/C34H37ClN8O6/c1-3-48-33(45)28-7-5-4-6-27(40-32(44)13-8-23-18-24(35)9-12-31(23)43-21-37-41-42-43)30-19-22(14-15-36-30)26-11-10-25(20-29(26)39-28)38-34(46)49-17-16-47-2/h8-15,18-21,27-28,39H,3-7,16-17H2,1-2H3,(H,38,46)(H,40,44)/b13-8+/t27-,28-/m0/s1. The van der Waals surface area contributed by atoms with Gasteiger partial charge >= 0.3 is 12.1 Å². The van der Waals surface area contributed by atoms with Crippen LogP contribution in [0, 0.1) is 0 Å². The fourth-order valence-electron chi connectivity index (χ4n) is 5.37. The number of ether oxygens (including phenoxy) is 3. The summed E-state index contributed by atoms with van der Waals surface area (Å²) >= 11 is 6.25. The molecule has 256 valence electrons. The van der Waals surface area contributed by atoms with Gasteiger partial charge in [-0.3, -0.25) is 15.1 Å². The number of pyridine rings is 1. The Balaban J connectivity index is 1.42. The Morgan fingerprint density at radius 3 is 2.71 bits per heavy atom. The van der Waals surface area contributed by atoms with Gasteiger partial charge in [-0.25, -0.2) is 9.59 Å². The predicted octanol–water partition coefficient (Wildman–Crippen LogP) is 5.36. The molecule has 3 heterocycles. The van der Waals surface area contributed by atoms with E-state index >= 15 is 0 Å². The van der Waals surface area contributed by atoms with Gasteiger partial charge in [0.15, 0.2) is 0 Å². The predicted molar refractivity (Wildman–Crippen MR) is 183 cm³/mol. The molecule has 3 N–H and O–H groups in total. The zero-order valence-corrected chi connectivity index (χ0v) is 27.9. The number of carbonyl (C=O) groups is 3. The molecule has 0 saturated heterocycles. The highest BCUT2D eigenvalue weighted by atomic mass is 35.5. The van der Waals surface area contributed by atoms with E-state index in [1.165, 1.54) is 24.2 Å². The Labute approximate surface area is 288 Å². The Morgan fingerprint density at radius 1 is 1.06 bits per heavy atom. The number of hydrogen-bond acceptors (Lipinski definition) is 11. The summed E-state index contributed by atoms with van der Waals surface area (Å²) in [4.78, 5) is 43.4. The van der Waals surface area contributed by atoms with Crippen LogP contribution in [-0.4, -0.2) is 76.1 Å². The summed E-state index contributed by atoms with van der Waals surface area (Å²) in [5.41, 5.74) is 4.62. The first-order valence-electron chi connectivity index (χ1n) is 15.8. The maximum Gasteiger partial charge on any atom is 0.411 e. The van der Waals surface area contributed by atoms with Gasteiger partial charge in [-0.2, -0.15) is 4.68 Å². The Hall–Kier alpha value is -5.34. The van der Waals surface area contributed by atoms with E-state index < -0.39 is 18.2 Å². The third-order valence-electron chi connectivity index (χ3n) is 7.69. The van der Waals surface area contributed by atoms with Gasteiger partial charge in [-0.15, -0.1) is 5.10 Å². The summed E-state index contributed by atoms with van der Waals surface area (Å²) in [5, 5.41) is 21.0. The number of esters is 1. The third kappa shape index (κ3) is 9.61. The first kappa shape index (κ1) is 35.0. The fraction of sp³-hybridized carbons (Fsp3) is 0.324. The van der Waals surface area contributed by atoms with Crippen molar-refractivity contribution in [1.82, 2.24) is 30.5 Å². The number of aromatic nitrogens is 5. The molecule has 5 rings (SSSR count). The van der Waals surface area contributed by atoms with Gasteiger partial charge in [0, 0.05) is 46.9 Å². The van der Waals surface area contributed by atoms with Crippen molar-refractivity contribution in [3.63, 3.8) is 0 Å². The molecule has 15 heteroatoms. The summed E-state index contributed by atoms with van der Waals surface area (Å²) in [6.45, 7) is 2.37. The van der Waals surface area contributed by atoms with Crippen LogP contribution in [-0.2, 0) is 23.8 Å². The molecule has 2 aromatic heterocycles. The van der Waals surface area contributed by atoms with E-state index in [4.69, 9.17) is 25.8 Å². The minimum absolute atomic E-state index is 0.103. The van der Waals surface area contributed by atoms with E-state index in [-0.39, 0.29) is 31.7 Å². The van der Waals surface area contributed by atoms with Gasteiger partial charge in [0.25, 0.3) is 0 Å². The normalized spacial score (nSPS) is 16.0. The lowest BCUT2D eigenvalue weighted by Crippen LogP contribution is -2.32. The van der Waals surface area contributed by atoms with E-state index in [2.05, 4.69) is 36.5 Å². The van der Waals surface area contributed by atoms with Gasteiger partial charge < -0.3 is 24.8 Å². The number of fused-ring (bicyclic) bond motifs is 4. The number of anilines is 2. The quantitative estimate of drug-likeness (QED) is 0.111. The zero-order chi connectivity index (χ0) is 34.6. The molecule has 1 aliphatic heterocycles. The summed E-state index contributed by atoms with van der Waals surface area (Å²) in [5.74, 6) is -0.707. The molecule has 2 bridgehead atoms. The lowest BCUT2D eigenvalue weighted by Gasteiger charge is -2.24. The van der Waals surface area contributed by atoms with E-state index in [1.807, 2.05) is 18.2 Å². The molecule has 2 amide bonds. The van der Waals surface area contributed by atoms with Crippen LogP contribution >= 0.6 is 11.6 Å². The molecular formula is C34H37ClN8O6. The van der Waals surface area contributed by atoms with Crippen LogP contribution < -0.4 is 16.0 Å². The van der Waals surface area contributed by atoms with Gasteiger partial charge in [-0.05, 0) is 84.3 Å². The first-order chi connectivity index (χ1) is 23.8. The van der Waals surface area contributed by atoms with Gasteiger partial charge in [0.05, 0.1) is 30.6 Å². The van der Waals surface area contributed by atoms with Gasteiger partial charge in [0.1, 0.15) is 19.0 Å². The molecule has 4 aromatic rings. The number of halogens is 1. The van der Waals surface area contributed by atoms with Gasteiger partial charge in [0.2, 0.25) is 5.91 Å². The van der Waals surface area contributed by atoms with Crippen LogP contribution in [0.15, 0.2) is 67.1 Å². The average Bonchev–Trinajstić information content (AvgIpc) is 3.63. The molecule has 0 fully saturated rings. The number of methoxy groups -OCH3 is 1. The van der Waals surface area contributed by atoms with Crippen molar-refractivity contribution in [2.24, 2.45) is 0 Å². The maximum absolute atomic E-state index is 13.3. The molecule has 1 aliphatic rings. The van der Waals surface area contributed by atoms with E-state index in [1.54, 1.807) is 49.5 Å². The summed E-state index contributed by atoms with van der Waals surface area (Å²) in [6.07, 6.45) is 8.01. The second kappa shape index (κ2) is 17.2. The summed E-state index contributed by atoms with van der Waals surface area (Å²) < 4.78 is 17.0. The maximum atomic E-state index is 13.3. The topological polar surface area (TPSA) is 171 Å². The van der Waals surface area contributed by atoms with Crippen molar-refractivity contribution in [3.8, 4) is 16.8 Å². The molecule has 14 nitrogen and oxygen atoms in total. The van der Waals surface area contributed by atoms with Crippen LogP contribution in [0.25, 0.3) is 22.9 Å². The largest absolute Gasteiger partial charge is 0.464 e. The Kier molecular flexibility index (Phi) is 12.3. The van der Waals surface area contributed by atoms with Crippen LogP contribution in [0.4, 0.5) is 16.2 Å². The SMILES string of the molecule is CCOC(=O)[C@@H]1CCCC[C@H](NC(=O)/C=C/c2cc(Cl)ccc2-n2cnnn2)c2cc(ccn2)-c2ccc(NC(=O)OCCOC)cc2N1. The van der Waals surface area contributed by atoms with Crippen molar-refractivity contribution in [1.29, 1.82) is 0 Å². The number of nitrogens with one attached hydrogen (secondary N) is 3. The highest BCUT2D eigenvalue weighted by Gasteiger charge is 2.24. The Morgan fingerprint density at radius 2 is 1.92 bits per heavy atom. The van der Waals surface area contributed by atoms with Crippen LogP contribution in [0.3, 0.4) is 0 Å². The monoisotopic (exact) mass is 688 g/mol. The van der Waals surface area contributed by atoms with Gasteiger partial charge in [-0.1, -0.05) is 30.5 Å². The number of rotatable bonds is 10. The van der Waals surface area contributed by atoms with Crippen molar-refractivity contribution in [3.05, 3.63) is 83.4 Å². The zero-order valence-electron chi connectivity index (χ0n) is 27.1. The van der Waals surface area contributed by atoms with E-state index in [0.29, 0.717) is 59.0 Å². The van der Waals surface area contributed by atoms with Crippen molar-refractivity contribution >= 4 is 47.0 Å². The molecule has 0 spiro atoms. The molecule has 0 aliphatic carbocycles. The van der Waals surface area contributed by atoms with E-state index in [0.717, 1.165) is 11.1 Å². The van der Waals surface area contributed by atoms with Crippen molar-refractivity contribution in [2.75, 3.05) is 37.6 Å². The third-order valence-corrected chi connectivity index (χ3v) is 7.92. The van der Waals surface area contributed by atoms with Crippen LogP contribution in [0.5, 0.6) is 0 Å². The number of carbonyl (C=O) groups excluding carboxylic acids is 3. The Bertz CT molecular complexity index is 1780. The number of benzene rings is 2. The number of nitrogens with zero attached hydrogens (tertiary/aromatic N) is 5. The van der Waals surface area contributed by atoms with Crippen molar-refractivity contribution < 1.29 is 28.6 Å². The fourth-order valence-corrected chi connectivity index (χ4v) is 5.55. The lowest BCUT2D eigenvalue weighted by molar-refractivity contribution is -0.144. The van der Waals surface area contributed by atoms with Crippen LogP contribution in [0.2, 0.25) is 5.02 Å². The highest BCUT2D eigenvalue weighted by molar-refractivity contribution is 6.30. The van der Waals surface area contributed by atoms with Crippen LogP contribution in [0.1, 0.15) is 49.9 Å². The number of hydrogen-bond donors (Lipinski definition) is 3. The number of tetrazole rings is 1. The minimum Gasteiger partial charge on any atom is -0.464 e. The highest BCUT2D eigenvalue weighted by Crippen LogP contribution is 2.34. The average molecular weight is 689 g/mol. The summed E-state index contributed by atoms with van der Waals surface area (Å²) in [6, 6.07) is 13.2. The minimum atomic E-state index is -0.647. The number of amides is 2. The molecule has 0 unspecified atom stereocenters. The molecular weight excluding hydrogens is 652 g/mol. The molecule has 0 radical (unpaired) electrons. The first-order valence-corrected chi connectivity index (χ1v) is 16.2. The lowest BCUT2D eigenvalue weighted by atomic mass is 9.96. The second-order valence-corrected chi connectivity index (χ2v) is 11.5. The second-order valence-electron chi connectivity index (χ2n) is 11.1. The summed E-state index contributed by atoms with van der Waals surface area (Å²) in [7, 11) is 1.52. The molecule has 0 saturated carbocycles. The molecule has 2 aromatic carbocycles. The molecule has 49 heavy (non-hydrogen) atoms. The van der Waals surface area contributed by atoms with Crippen molar-refractivity contribution in [2.45, 2.75) is 44.7 Å². The molecule has 2 atom stereocenters. The van der Waals surface area contributed by atoms with E-state index in [9.17, 15) is 14.4 Å².